The number of nitrogens with one attached hydrogen (secondary N) is 2. The maximum atomic E-state index is 11.3. The zero-order chi connectivity index (χ0) is 11.8. The smallest absolute Gasteiger partial charge is 0.239 e. The van der Waals surface area contributed by atoms with Crippen LogP contribution in [-0.2, 0) is 9.53 Å². The third kappa shape index (κ3) is 4.70. The highest BCUT2D eigenvalue weighted by molar-refractivity contribution is 5.80. The van der Waals surface area contributed by atoms with Gasteiger partial charge in [-0.1, -0.05) is 0 Å². The number of nitrogens with zero attached hydrogens (tertiary/aromatic N) is 2. The zero-order valence-electron chi connectivity index (χ0n) is 9.49. The fourth-order valence-electron chi connectivity index (χ4n) is 0.998. The predicted octanol–water partition coefficient (Wildman–Crippen LogP) is -0.0405. The summed E-state index contributed by atoms with van der Waals surface area (Å²) in [6.07, 6.45) is 3.39. The van der Waals surface area contributed by atoms with E-state index in [0.717, 1.165) is 5.56 Å². The zero-order valence-corrected chi connectivity index (χ0v) is 9.49. The van der Waals surface area contributed by atoms with E-state index in [0.29, 0.717) is 19.1 Å². The summed E-state index contributed by atoms with van der Waals surface area (Å²) in [6.45, 7) is 3.08. The summed E-state index contributed by atoms with van der Waals surface area (Å²) >= 11 is 0. The van der Waals surface area contributed by atoms with Crippen molar-refractivity contribution >= 4 is 11.9 Å². The number of rotatable bonds is 6. The van der Waals surface area contributed by atoms with E-state index in [1.807, 2.05) is 6.92 Å². The molecule has 1 rings (SSSR count). The van der Waals surface area contributed by atoms with Gasteiger partial charge in [-0.2, -0.15) is 0 Å². The third-order valence-electron chi connectivity index (χ3n) is 1.82. The van der Waals surface area contributed by atoms with Crippen LogP contribution in [-0.4, -0.2) is 42.7 Å². The third-order valence-corrected chi connectivity index (χ3v) is 1.82. The van der Waals surface area contributed by atoms with Crippen molar-refractivity contribution in [3.8, 4) is 0 Å². The molecule has 1 heterocycles. The lowest BCUT2D eigenvalue weighted by molar-refractivity contribution is -0.119. The molecule has 0 aromatic carbocycles. The average molecular weight is 224 g/mol. The molecule has 0 aliphatic heterocycles. The fourth-order valence-corrected chi connectivity index (χ4v) is 0.998. The number of hydrogen-bond acceptors (Lipinski definition) is 5. The van der Waals surface area contributed by atoms with E-state index in [1.54, 1.807) is 19.5 Å². The first-order valence-corrected chi connectivity index (χ1v) is 5.00. The van der Waals surface area contributed by atoms with Crippen molar-refractivity contribution < 1.29 is 9.53 Å². The highest BCUT2D eigenvalue weighted by atomic mass is 16.5. The average Bonchev–Trinajstić information content (AvgIpc) is 2.29. The molecule has 16 heavy (non-hydrogen) atoms. The van der Waals surface area contributed by atoms with Crippen LogP contribution in [0.3, 0.4) is 0 Å². The number of methoxy groups -OCH3 is 1. The first kappa shape index (κ1) is 12.4. The number of ether oxygens (including phenoxy) is 1. The van der Waals surface area contributed by atoms with Gasteiger partial charge in [-0.25, -0.2) is 9.97 Å². The van der Waals surface area contributed by atoms with Crippen LogP contribution in [0, 0.1) is 6.92 Å². The summed E-state index contributed by atoms with van der Waals surface area (Å²) in [6, 6.07) is 0. The van der Waals surface area contributed by atoms with Crippen LogP contribution in [0.5, 0.6) is 0 Å². The maximum Gasteiger partial charge on any atom is 0.239 e. The molecular formula is C10H16N4O2. The van der Waals surface area contributed by atoms with E-state index in [2.05, 4.69) is 20.6 Å². The van der Waals surface area contributed by atoms with Gasteiger partial charge in [0.2, 0.25) is 11.9 Å². The van der Waals surface area contributed by atoms with E-state index in [1.165, 1.54) is 0 Å². The Morgan fingerprint density at radius 2 is 2.12 bits per heavy atom. The lowest BCUT2D eigenvalue weighted by atomic mass is 10.4. The molecule has 0 unspecified atom stereocenters. The maximum absolute atomic E-state index is 11.3. The van der Waals surface area contributed by atoms with E-state index in [-0.39, 0.29) is 12.5 Å². The summed E-state index contributed by atoms with van der Waals surface area (Å²) in [4.78, 5) is 19.3. The number of hydrogen-bond donors (Lipinski definition) is 2. The van der Waals surface area contributed by atoms with E-state index in [4.69, 9.17) is 4.74 Å². The summed E-state index contributed by atoms with van der Waals surface area (Å²) in [5.74, 6) is 0.341. The van der Waals surface area contributed by atoms with Crippen LogP contribution in [0.4, 0.5) is 5.95 Å². The molecular weight excluding hydrogens is 208 g/mol. The number of carbonyl (C=O) groups excluding carboxylic acids is 1. The van der Waals surface area contributed by atoms with Crippen molar-refractivity contribution in [2.24, 2.45) is 0 Å². The summed E-state index contributed by atoms with van der Waals surface area (Å²) in [5, 5.41) is 5.51. The van der Waals surface area contributed by atoms with Crippen molar-refractivity contribution in [2.45, 2.75) is 6.92 Å². The first-order valence-electron chi connectivity index (χ1n) is 5.00. The Morgan fingerprint density at radius 3 is 2.75 bits per heavy atom. The van der Waals surface area contributed by atoms with Crippen molar-refractivity contribution in [3.63, 3.8) is 0 Å². The lowest BCUT2D eigenvalue weighted by Gasteiger charge is -2.05. The number of carbonyl (C=O) groups is 1. The second-order valence-electron chi connectivity index (χ2n) is 3.28. The van der Waals surface area contributed by atoms with Gasteiger partial charge < -0.3 is 15.4 Å². The topological polar surface area (TPSA) is 76.1 Å². The van der Waals surface area contributed by atoms with Crippen LogP contribution < -0.4 is 10.6 Å². The molecule has 1 aromatic rings. The van der Waals surface area contributed by atoms with E-state index < -0.39 is 0 Å². The van der Waals surface area contributed by atoms with Gasteiger partial charge in [0.25, 0.3) is 0 Å². The van der Waals surface area contributed by atoms with Crippen molar-refractivity contribution in [3.05, 3.63) is 18.0 Å². The Bertz CT molecular complexity index is 326. The van der Waals surface area contributed by atoms with Gasteiger partial charge in [0.1, 0.15) is 0 Å². The highest BCUT2D eigenvalue weighted by Crippen LogP contribution is 1.97. The minimum Gasteiger partial charge on any atom is -0.383 e. The number of aryl methyl sites for hydroxylation is 1. The molecule has 0 bridgehead atoms. The van der Waals surface area contributed by atoms with Gasteiger partial charge in [0, 0.05) is 26.0 Å². The number of amides is 1. The Morgan fingerprint density at radius 1 is 1.44 bits per heavy atom. The molecule has 0 aliphatic carbocycles. The Balaban J connectivity index is 2.23. The van der Waals surface area contributed by atoms with Crippen LogP contribution in [0.25, 0.3) is 0 Å². The lowest BCUT2D eigenvalue weighted by Crippen LogP contribution is -2.32. The molecule has 0 spiro atoms. The van der Waals surface area contributed by atoms with Gasteiger partial charge in [0.05, 0.1) is 13.2 Å². The van der Waals surface area contributed by atoms with Crippen molar-refractivity contribution in [1.29, 1.82) is 0 Å². The molecule has 0 atom stereocenters. The summed E-state index contributed by atoms with van der Waals surface area (Å²) in [7, 11) is 1.59. The number of aromatic nitrogens is 2. The quantitative estimate of drug-likeness (QED) is 0.663. The molecule has 1 amide bonds. The van der Waals surface area contributed by atoms with Crippen LogP contribution >= 0.6 is 0 Å². The minimum absolute atomic E-state index is 0.110. The molecule has 0 radical (unpaired) electrons. The Kier molecular flexibility index (Phi) is 5.21. The minimum atomic E-state index is -0.110. The molecule has 0 aliphatic rings. The van der Waals surface area contributed by atoms with E-state index in [9.17, 15) is 4.79 Å². The molecule has 1 aromatic heterocycles. The Labute approximate surface area is 94.4 Å². The largest absolute Gasteiger partial charge is 0.383 e. The monoisotopic (exact) mass is 224 g/mol. The molecule has 6 nitrogen and oxygen atoms in total. The highest BCUT2D eigenvalue weighted by Gasteiger charge is 2.01. The SMILES string of the molecule is COCCNC(=O)CNc1ncc(C)cn1. The molecule has 6 heteroatoms. The van der Waals surface area contributed by atoms with Gasteiger partial charge in [-0.15, -0.1) is 0 Å². The Hall–Kier alpha value is -1.69. The molecule has 2 N–H and O–H groups in total. The molecule has 0 fully saturated rings. The van der Waals surface area contributed by atoms with Gasteiger partial charge >= 0.3 is 0 Å². The van der Waals surface area contributed by atoms with Gasteiger partial charge in [-0.05, 0) is 12.5 Å². The summed E-state index contributed by atoms with van der Waals surface area (Å²) in [5.41, 5.74) is 0.982. The summed E-state index contributed by atoms with van der Waals surface area (Å²) < 4.78 is 4.81. The molecule has 0 saturated carbocycles. The predicted molar refractivity (Wildman–Crippen MR) is 60.1 cm³/mol. The first-order chi connectivity index (χ1) is 7.72. The van der Waals surface area contributed by atoms with Crippen LogP contribution in [0.15, 0.2) is 12.4 Å². The molecule has 0 saturated heterocycles. The van der Waals surface area contributed by atoms with Gasteiger partial charge in [-0.3, -0.25) is 4.79 Å². The van der Waals surface area contributed by atoms with Crippen molar-refractivity contribution in [2.75, 3.05) is 32.1 Å². The van der Waals surface area contributed by atoms with Crippen molar-refractivity contribution in [1.82, 2.24) is 15.3 Å². The van der Waals surface area contributed by atoms with Crippen LogP contribution in [0.2, 0.25) is 0 Å². The van der Waals surface area contributed by atoms with Crippen LogP contribution in [0.1, 0.15) is 5.56 Å². The molecule has 88 valence electrons. The van der Waals surface area contributed by atoms with E-state index >= 15 is 0 Å². The fraction of sp³-hybridized carbons (Fsp3) is 0.500. The second-order valence-corrected chi connectivity index (χ2v) is 3.28. The second kappa shape index (κ2) is 6.73. The number of anilines is 1. The standard InChI is InChI=1S/C10H16N4O2/c1-8-5-12-10(13-6-8)14-7-9(15)11-3-4-16-2/h5-6H,3-4,7H2,1-2H3,(H,11,15)(H,12,13,14). The van der Waals surface area contributed by atoms with Gasteiger partial charge in [0.15, 0.2) is 0 Å². The normalized spacial score (nSPS) is 9.88.